The van der Waals surface area contributed by atoms with Gasteiger partial charge in [0.1, 0.15) is 11.8 Å². The van der Waals surface area contributed by atoms with Gasteiger partial charge in [-0.3, -0.25) is 4.79 Å². The number of H-pyrrole nitrogens is 1. The lowest BCUT2D eigenvalue weighted by Gasteiger charge is -2.45. The first-order valence-electron chi connectivity index (χ1n) is 10.6. The molecule has 4 aliphatic rings. The monoisotopic (exact) mass is 411 g/mol. The molecule has 6 rings (SSSR count). The molecule has 5 atom stereocenters. The van der Waals surface area contributed by atoms with Gasteiger partial charge in [0, 0.05) is 35.5 Å². The van der Waals surface area contributed by atoms with Gasteiger partial charge in [-0.15, -0.1) is 0 Å². The molecule has 0 radical (unpaired) electrons. The van der Waals surface area contributed by atoms with Gasteiger partial charge in [0.25, 0.3) is 0 Å². The Bertz CT molecular complexity index is 1030. The first-order chi connectivity index (χ1) is 13.9. The summed E-state index contributed by atoms with van der Waals surface area (Å²) in [5, 5.41) is 22.0. The highest BCUT2D eigenvalue weighted by atomic mass is 35.5. The normalized spacial score (nSPS) is 31.7. The fourth-order valence-corrected chi connectivity index (χ4v) is 6.73. The zero-order valence-corrected chi connectivity index (χ0v) is 17.4. The highest BCUT2D eigenvalue weighted by Crippen LogP contribution is 2.50. The Morgan fingerprint density at radius 2 is 2.17 bits per heavy atom. The third kappa shape index (κ3) is 3.14. The standard InChI is InChI=1S/C23H26ClN3O2/c1-13(21-19(11-25)26-18-4-2-3-17(24)22(18)21)5-20(28)27-12-15-6-14-7-16(27)10-23(29,8-14)9-15/h2-4,13-16,26,29H,5-10,12H2,1H3. The molecule has 6 heteroatoms. The van der Waals surface area contributed by atoms with Crippen molar-refractivity contribution in [3.05, 3.63) is 34.5 Å². The van der Waals surface area contributed by atoms with Crippen molar-refractivity contribution in [1.82, 2.24) is 9.88 Å². The van der Waals surface area contributed by atoms with E-state index in [0.717, 1.165) is 48.7 Å². The van der Waals surface area contributed by atoms with E-state index in [2.05, 4.69) is 11.1 Å². The van der Waals surface area contributed by atoms with Crippen LogP contribution in [0.1, 0.15) is 62.6 Å². The quantitative estimate of drug-likeness (QED) is 0.788. The minimum Gasteiger partial charge on any atom is -0.390 e. The first-order valence-corrected chi connectivity index (χ1v) is 11.0. The van der Waals surface area contributed by atoms with Crippen molar-refractivity contribution >= 4 is 28.4 Å². The number of aliphatic hydroxyl groups is 1. The zero-order chi connectivity index (χ0) is 20.3. The third-order valence-electron chi connectivity index (χ3n) is 7.34. The molecule has 0 spiro atoms. The van der Waals surface area contributed by atoms with Crippen molar-refractivity contribution in [2.75, 3.05) is 6.54 Å². The van der Waals surface area contributed by atoms with E-state index >= 15 is 0 Å². The maximum atomic E-state index is 13.4. The van der Waals surface area contributed by atoms with Crippen molar-refractivity contribution in [2.45, 2.75) is 63.0 Å². The summed E-state index contributed by atoms with van der Waals surface area (Å²) in [5.74, 6) is 0.962. The number of benzene rings is 1. The Morgan fingerprint density at radius 1 is 1.38 bits per heavy atom. The van der Waals surface area contributed by atoms with Crippen molar-refractivity contribution in [2.24, 2.45) is 11.8 Å². The molecule has 2 aliphatic heterocycles. The summed E-state index contributed by atoms with van der Waals surface area (Å²) in [6.45, 7) is 2.76. The average molecular weight is 412 g/mol. The molecule has 4 bridgehead atoms. The van der Waals surface area contributed by atoms with Gasteiger partial charge in [-0.2, -0.15) is 5.26 Å². The summed E-state index contributed by atoms with van der Waals surface area (Å²) in [5.41, 5.74) is 1.57. The second-order valence-electron chi connectivity index (χ2n) is 9.53. The first kappa shape index (κ1) is 19.0. The van der Waals surface area contributed by atoms with E-state index in [4.69, 9.17) is 11.6 Å². The zero-order valence-electron chi connectivity index (χ0n) is 16.6. The van der Waals surface area contributed by atoms with E-state index in [1.54, 1.807) is 0 Å². The number of rotatable bonds is 3. The molecule has 4 fully saturated rings. The molecule has 5 unspecified atom stereocenters. The summed E-state index contributed by atoms with van der Waals surface area (Å²) < 4.78 is 0. The molecular formula is C23H26ClN3O2. The number of carbonyl (C=O) groups is 1. The Kier molecular flexibility index (Phi) is 4.42. The summed E-state index contributed by atoms with van der Waals surface area (Å²) in [7, 11) is 0. The molecule has 1 amide bonds. The SMILES string of the molecule is CC(CC(=O)N1CC2CC3CC1CC(O)(C3)C2)c1c(C#N)[nH]c2cccc(Cl)c12. The number of carbonyl (C=O) groups excluding carboxylic acids is 1. The van der Waals surface area contributed by atoms with Crippen molar-refractivity contribution in [1.29, 1.82) is 5.26 Å². The molecule has 1 aromatic heterocycles. The minimum absolute atomic E-state index is 0.119. The summed E-state index contributed by atoms with van der Waals surface area (Å²) in [4.78, 5) is 18.6. The van der Waals surface area contributed by atoms with E-state index in [9.17, 15) is 15.2 Å². The van der Waals surface area contributed by atoms with Gasteiger partial charge in [0.2, 0.25) is 5.91 Å². The molecule has 2 N–H and O–H groups in total. The van der Waals surface area contributed by atoms with Gasteiger partial charge in [-0.1, -0.05) is 24.6 Å². The van der Waals surface area contributed by atoms with Crippen LogP contribution in [0.25, 0.3) is 10.9 Å². The number of nitrogens with one attached hydrogen (secondary N) is 1. The maximum Gasteiger partial charge on any atom is 0.223 e. The molecule has 5 nitrogen and oxygen atoms in total. The molecule has 29 heavy (non-hydrogen) atoms. The predicted octanol–water partition coefficient (Wildman–Crippen LogP) is 4.34. The second-order valence-corrected chi connectivity index (χ2v) is 9.94. The van der Waals surface area contributed by atoms with Crippen molar-refractivity contribution < 1.29 is 9.90 Å². The molecular weight excluding hydrogens is 386 g/mol. The Morgan fingerprint density at radius 3 is 2.93 bits per heavy atom. The van der Waals surface area contributed by atoms with Crippen LogP contribution in [0.5, 0.6) is 0 Å². The predicted molar refractivity (Wildman–Crippen MR) is 112 cm³/mol. The number of halogens is 1. The smallest absolute Gasteiger partial charge is 0.223 e. The lowest BCUT2D eigenvalue weighted by molar-refractivity contribution is -0.135. The highest BCUT2D eigenvalue weighted by molar-refractivity contribution is 6.35. The van der Waals surface area contributed by atoms with Gasteiger partial charge in [0.05, 0.1) is 10.6 Å². The Balaban J connectivity index is 1.42. The number of nitriles is 1. The van der Waals surface area contributed by atoms with Gasteiger partial charge in [0.15, 0.2) is 0 Å². The molecule has 1 aromatic carbocycles. The van der Waals surface area contributed by atoms with Crippen molar-refractivity contribution in [3.8, 4) is 6.07 Å². The van der Waals surface area contributed by atoms with Crippen LogP contribution in [0.4, 0.5) is 0 Å². The average Bonchev–Trinajstić information content (AvgIpc) is 2.94. The van der Waals surface area contributed by atoms with E-state index in [1.165, 1.54) is 0 Å². The van der Waals surface area contributed by atoms with Crippen LogP contribution in [0, 0.1) is 23.2 Å². The lowest BCUT2D eigenvalue weighted by Crippen LogP contribution is -2.48. The van der Waals surface area contributed by atoms with Crippen LogP contribution >= 0.6 is 11.6 Å². The number of fused-ring (bicyclic) bond motifs is 2. The van der Waals surface area contributed by atoms with Crippen LogP contribution in [-0.2, 0) is 4.79 Å². The number of aromatic amines is 1. The minimum atomic E-state index is -0.574. The molecule has 2 aromatic rings. The third-order valence-corrected chi connectivity index (χ3v) is 7.65. The van der Waals surface area contributed by atoms with Gasteiger partial charge < -0.3 is 15.0 Å². The number of hydrogen-bond acceptors (Lipinski definition) is 3. The summed E-state index contributed by atoms with van der Waals surface area (Å²) >= 11 is 6.44. The maximum absolute atomic E-state index is 13.4. The topological polar surface area (TPSA) is 80.1 Å². The molecule has 152 valence electrons. The van der Waals surface area contributed by atoms with Crippen LogP contribution in [0.3, 0.4) is 0 Å². The largest absolute Gasteiger partial charge is 0.390 e. The van der Waals surface area contributed by atoms with Gasteiger partial charge in [-0.05, 0) is 62.0 Å². The van der Waals surface area contributed by atoms with E-state index in [-0.39, 0.29) is 17.9 Å². The van der Waals surface area contributed by atoms with E-state index < -0.39 is 5.60 Å². The molecule has 3 heterocycles. The molecule has 2 saturated carbocycles. The number of nitrogens with zero attached hydrogens (tertiary/aromatic N) is 2. The van der Waals surface area contributed by atoms with Gasteiger partial charge >= 0.3 is 0 Å². The molecule has 2 saturated heterocycles. The number of amides is 1. The number of hydrogen-bond donors (Lipinski definition) is 2. The fourth-order valence-electron chi connectivity index (χ4n) is 6.45. The van der Waals surface area contributed by atoms with Crippen LogP contribution in [0.2, 0.25) is 5.02 Å². The van der Waals surface area contributed by atoms with Crippen LogP contribution in [0.15, 0.2) is 18.2 Å². The Hall–Kier alpha value is -2.03. The van der Waals surface area contributed by atoms with Crippen molar-refractivity contribution in [3.63, 3.8) is 0 Å². The van der Waals surface area contributed by atoms with E-state index in [1.807, 2.05) is 30.0 Å². The summed E-state index contributed by atoms with van der Waals surface area (Å²) in [6.07, 6.45) is 4.94. The highest BCUT2D eigenvalue weighted by Gasteiger charge is 2.50. The number of aromatic nitrogens is 1. The fraction of sp³-hybridized carbons (Fsp3) is 0.565. The van der Waals surface area contributed by atoms with E-state index in [0.29, 0.717) is 35.4 Å². The van der Waals surface area contributed by atoms with Crippen LogP contribution < -0.4 is 0 Å². The van der Waals surface area contributed by atoms with Gasteiger partial charge in [-0.25, -0.2) is 0 Å². The van der Waals surface area contributed by atoms with Crippen LogP contribution in [-0.4, -0.2) is 39.1 Å². The lowest BCUT2D eigenvalue weighted by atomic mass is 9.65. The molecule has 2 aliphatic carbocycles. The summed E-state index contributed by atoms with van der Waals surface area (Å²) in [6, 6.07) is 7.97. The second kappa shape index (κ2) is 6.75. The Labute approximate surface area is 175 Å².